The van der Waals surface area contributed by atoms with Gasteiger partial charge in [0.2, 0.25) is 0 Å². The van der Waals surface area contributed by atoms with Crippen LogP contribution in [0, 0.1) is 5.92 Å². The lowest BCUT2D eigenvalue weighted by Crippen LogP contribution is -2.26. The zero-order chi connectivity index (χ0) is 12.1. The summed E-state index contributed by atoms with van der Waals surface area (Å²) in [5.41, 5.74) is 1.15. The molecule has 1 rings (SSSR count). The van der Waals surface area contributed by atoms with E-state index < -0.39 is 0 Å². The number of hydrogen-bond donors (Lipinski definition) is 1. The predicted octanol–water partition coefficient (Wildman–Crippen LogP) is 4.63. The second kappa shape index (κ2) is 6.63. The molecule has 16 heavy (non-hydrogen) atoms. The molecule has 0 aliphatic heterocycles. The summed E-state index contributed by atoms with van der Waals surface area (Å²) in [6, 6.07) is 6.48. The van der Waals surface area contributed by atoms with Gasteiger partial charge in [0.1, 0.15) is 0 Å². The lowest BCUT2D eigenvalue weighted by molar-refractivity contribution is 0.441. The Balaban J connectivity index is 2.51. The molecule has 1 atom stereocenters. The van der Waals surface area contributed by atoms with E-state index in [4.69, 9.17) is 11.6 Å². The van der Waals surface area contributed by atoms with Crippen LogP contribution in [0.2, 0.25) is 5.02 Å². The van der Waals surface area contributed by atoms with E-state index in [1.807, 2.05) is 12.1 Å². The van der Waals surface area contributed by atoms with Crippen molar-refractivity contribution in [2.24, 2.45) is 5.92 Å². The van der Waals surface area contributed by atoms with Gasteiger partial charge < -0.3 is 5.32 Å². The molecule has 90 valence electrons. The zero-order valence-electron chi connectivity index (χ0n) is 10.1. The molecule has 0 amide bonds. The molecule has 0 aromatic heterocycles. The van der Waals surface area contributed by atoms with Crippen molar-refractivity contribution in [1.82, 2.24) is 5.32 Å². The minimum Gasteiger partial charge on any atom is -0.310 e. The largest absolute Gasteiger partial charge is 0.310 e. The molecule has 0 bridgehead atoms. The second-order valence-corrected chi connectivity index (χ2v) is 5.97. The molecule has 1 nitrogen and oxygen atoms in total. The van der Waals surface area contributed by atoms with E-state index in [9.17, 15) is 0 Å². The Hall–Kier alpha value is -0.0500. The number of rotatable bonds is 5. The maximum Gasteiger partial charge on any atom is 0.0451 e. The Kier molecular flexibility index (Phi) is 5.81. The van der Waals surface area contributed by atoms with Crippen LogP contribution in [0.15, 0.2) is 22.7 Å². The van der Waals surface area contributed by atoms with Crippen LogP contribution in [-0.4, -0.2) is 6.04 Å². The summed E-state index contributed by atoms with van der Waals surface area (Å²) in [5, 5.41) is 4.32. The van der Waals surface area contributed by atoms with Crippen LogP contribution in [0.5, 0.6) is 0 Å². The Morgan fingerprint density at radius 2 is 2.00 bits per heavy atom. The third kappa shape index (κ3) is 4.86. The van der Waals surface area contributed by atoms with E-state index in [1.54, 1.807) is 0 Å². The Bertz CT molecular complexity index is 339. The Labute approximate surface area is 112 Å². The lowest BCUT2D eigenvalue weighted by Gasteiger charge is -2.16. The molecule has 0 fully saturated rings. The van der Waals surface area contributed by atoms with Crippen LogP contribution in [-0.2, 0) is 6.54 Å². The first-order chi connectivity index (χ1) is 7.49. The van der Waals surface area contributed by atoms with Crippen molar-refractivity contribution in [2.45, 2.75) is 39.8 Å². The number of benzene rings is 1. The van der Waals surface area contributed by atoms with Crippen molar-refractivity contribution in [3.05, 3.63) is 33.3 Å². The van der Waals surface area contributed by atoms with Crippen LogP contribution in [0.1, 0.15) is 32.8 Å². The fraction of sp³-hybridized carbons (Fsp3) is 0.538. The third-order valence-corrected chi connectivity index (χ3v) is 3.34. The molecule has 0 radical (unpaired) electrons. The van der Waals surface area contributed by atoms with E-state index in [2.05, 4.69) is 48.1 Å². The van der Waals surface area contributed by atoms with Crippen molar-refractivity contribution in [3.63, 3.8) is 0 Å². The molecule has 0 saturated heterocycles. The summed E-state index contributed by atoms with van der Waals surface area (Å²) in [6.45, 7) is 7.52. The molecule has 0 saturated carbocycles. The zero-order valence-corrected chi connectivity index (χ0v) is 12.4. The summed E-state index contributed by atoms with van der Waals surface area (Å²) in [6.07, 6.45) is 1.19. The van der Waals surface area contributed by atoms with E-state index in [0.29, 0.717) is 6.04 Å². The van der Waals surface area contributed by atoms with Gasteiger partial charge in [0.25, 0.3) is 0 Å². The van der Waals surface area contributed by atoms with E-state index in [-0.39, 0.29) is 0 Å². The minimum atomic E-state index is 0.523. The third-order valence-electron chi connectivity index (χ3n) is 2.47. The maximum absolute atomic E-state index is 6.12. The van der Waals surface area contributed by atoms with Crippen LogP contribution in [0.3, 0.4) is 0 Å². The van der Waals surface area contributed by atoms with Gasteiger partial charge in [-0.2, -0.15) is 0 Å². The second-order valence-electron chi connectivity index (χ2n) is 4.65. The average Bonchev–Trinajstić information content (AvgIpc) is 2.18. The van der Waals surface area contributed by atoms with E-state index in [0.717, 1.165) is 27.5 Å². The average molecular weight is 305 g/mol. The summed E-state index contributed by atoms with van der Waals surface area (Å²) in [7, 11) is 0. The summed E-state index contributed by atoms with van der Waals surface area (Å²) >= 11 is 9.58. The first kappa shape index (κ1) is 14.0. The van der Waals surface area contributed by atoms with Gasteiger partial charge >= 0.3 is 0 Å². The first-order valence-electron chi connectivity index (χ1n) is 5.66. The van der Waals surface area contributed by atoms with Crippen molar-refractivity contribution in [3.8, 4) is 0 Å². The van der Waals surface area contributed by atoms with Crippen LogP contribution >= 0.6 is 27.5 Å². The molecule has 0 aliphatic carbocycles. The van der Waals surface area contributed by atoms with Gasteiger partial charge in [0, 0.05) is 22.1 Å². The molecular formula is C13H19BrClN. The molecule has 3 heteroatoms. The molecule has 0 aliphatic rings. The summed E-state index contributed by atoms with van der Waals surface area (Å²) in [4.78, 5) is 0. The van der Waals surface area contributed by atoms with Gasteiger partial charge in [-0.1, -0.05) is 41.4 Å². The Morgan fingerprint density at radius 1 is 1.31 bits per heavy atom. The Morgan fingerprint density at radius 3 is 2.62 bits per heavy atom. The monoisotopic (exact) mass is 303 g/mol. The number of hydrogen-bond acceptors (Lipinski definition) is 1. The quantitative estimate of drug-likeness (QED) is 0.836. The van der Waals surface area contributed by atoms with Crippen LogP contribution < -0.4 is 5.32 Å². The van der Waals surface area contributed by atoms with Gasteiger partial charge in [-0.05, 0) is 43.0 Å². The van der Waals surface area contributed by atoms with E-state index in [1.165, 1.54) is 6.42 Å². The van der Waals surface area contributed by atoms with Gasteiger partial charge in [0.05, 0.1) is 0 Å². The molecular weight excluding hydrogens is 286 g/mol. The topological polar surface area (TPSA) is 12.0 Å². The maximum atomic E-state index is 6.12. The normalized spacial score (nSPS) is 13.1. The summed E-state index contributed by atoms with van der Waals surface area (Å²) < 4.78 is 1.07. The molecule has 0 heterocycles. The SMILES string of the molecule is CC(C)CC(C)NCc1cc(Br)ccc1Cl. The number of halogens is 2. The van der Waals surface area contributed by atoms with Crippen LogP contribution in [0.4, 0.5) is 0 Å². The van der Waals surface area contributed by atoms with Gasteiger partial charge in [-0.25, -0.2) is 0 Å². The highest BCUT2D eigenvalue weighted by Crippen LogP contribution is 2.21. The summed E-state index contributed by atoms with van der Waals surface area (Å²) in [5.74, 6) is 0.723. The lowest BCUT2D eigenvalue weighted by atomic mass is 10.1. The predicted molar refractivity (Wildman–Crippen MR) is 74.9 cm³/mol. The van der Waals surface area contributed by atoms with Gasteiger partial charge in [-0.15, -0.1) is 0 Å². The standard InChI is InChI=1S/C13H19BrClN/c1-9(2)6-10(3)16-8-11-7-12(14)4-5-13(11)15/h4-5,7,9-10,16H,6,8H2,1-3H3. The smallest absolute Gasteiger partial charge is 0.0451 e. The molecule has 1 unspecified atom stereocenters. The van der Waals surface area contributed by atoms with Gasteiger partial charge in [-0.3, -0.25) is 0 Å². The highest BCUT2D eigenvalue weighted by molar-refractivity contribution is 9.10. The molecule has 1 N–H and O–H groups in total. The van der Waals surface area contributed by atoms with Crippen LogP contribution in [0.25, 0.3) is 0 Å². The van der Waals surface area contributed by atoms with Crippen molar-refractivity contribution < 1.29 is 0 Å². The highest BCUT2D eigenvalue weighted by Gasteiger charge is 2.06. The van der Waals surface area contributed by atoms with Crippen molar-refractivity contribution in [1.29, 1.82) is 0 Å². The first-order valence-corrected chi connectivity index (χ1v) is 6.83. The minimum absolute atomic E-state index is 0.523. The fourth-order valence-electron chi connectivity index (χ4n) is 1.75. The van der Waals surface area contributed by atoms with Crippen molar-refractivity contribution in [2.75, 3.05) is 0 Å². The van der Waals surface area contributed by atoms with Crippen molar-refractivity contribution >= 4 is 27.5 Å². The van der Waals surface area contributed by atoms with E-state index >= 15 is 0 Å². The fourth-order valence-corrected chi connectivity index (χ4v) is 2.35. The van der Waals surface area contributed by atoms with Gasteiger partial charge in [0.15, 0.2) is 0 Å². The molecule has 0 spiro atoms. The molecule has 1 aromatic carbocycles. The highest BCUT2D eigenvalue weighted by atomic mass is 79.9. The molecule has 1 aromatic rings. The number of nitrogens with one attached hydrogen (secondary N) is 1.